The predicted molar refractivity (Wildman–Crippen MR) is 85.0 cm³/mol. The molecule has 1 aromatic heterocycles. The van der Waals surface area contributed by atoms with Crippen LogP contribution in [0.1, 0.15) is 39.3 Å². The van der Waals surface area contributed by atoms with E-state index in [2.05, 4.69) is 10.3 Å². The van der Waals surface area contributed by atoms with Gasteiger partial charge >= 0.3 is 6.09 Å². The van der Waals surface area contributed by atoms with Crippen LogP contribution >= 0.6 is 0 Å². The smallest absolute Gasteiger partial charge is 0.410 e. The van der Waals surface area contributed by atoms with E-state index in [0.29, 0.717) is 26.2 Å². The summed E-state index contributed by atoms with van der Waals surface area (Å²) in [6.07, 6.45) is 4.73. The van der Waals surface area contributed by atoms with Gasteiger partial charge in [-0.1, -0.05) is 0 Å². The number of hydrogen-bond acceptors (Lipinski definition) is 6. The highest BCUT2D eigenvalue weighted by Crippen LogP contribution is 2.17. The molecule has 0 aliphatic carbocycles. The van der Waals surface area contributed by atoms with Gasteiger partial charge in [0.1, 0.15) is 11.9 Å². The Morgan fingerprint density at radius 2 is 2.17 bits per heavy atom. The minimum absolute atomic E-state index is 0.211. The van der Waals surface area contributed by atoms with Gasteiger partial charge in [0.05, 0.1) is 18.4 Å². The summed E-state index contributed by atoms with van der Waals surface area (Å²) in [7, 11) is 0. The van der Waals surface area contributed by atoms with Crippen LogP contribution in [-0.2, 0) is 16.0 Å². The van der Waals surface area contributed by atoms with E-state index in [9.17, 15) is 4.79 Å². The van der Waals surface area contributed by atoms with Gasteiger partial charge in [-0.05, 0) is 33.6 Å². The summed E-state index contributed by atoms with van der Waals surface area (Å²) < 4.78 is 16.1. The third kappa shape index (κ3) is 6.58. The average molecular weight is 325 g/mol. The number of rotatable bonds is 6. The minimum Gasteiger partial charge on any atom is -0.451 e. The van der Waals surface area contributed by atoms with Gasteiger partial charge in [0.15, 0.2) is 6.39 Å². The maximum Gasteiger partial charge on any atom is 0.410 e. The van der Waals surface area contributed by atoms with Crippen LogP contribution in [0.3, 0.4) is 0 Å². The molecule has 1 aliphatic rings. The molecule has 0 spiro atoms. The van der Waals surface area contributed by atoms with Gasteiger partial charge in [-0.2, -0.15) is 0 Å². The fourth-order valence-corrected chi connectivity index (χ4v) is 2.37. The van der Waals surface area contributed by atoms with E-state index in [4.69, 9.17) is 13.9 Å². The van der Waals surface area contributed by atoms with Crippen molar-refractivity contribution < 1.29 is 18.7 Å². The van der Waals surface area contributed by atoms with Crippen molar-refractivity contribution in [1.29, 1.82) is 0 Å². The lowest BCUT2D eigenvalue weighted by molar-refractivity contribution is -0.0105. The summed E-state index contributed by atoms with van der Waals surface area (Å²) in [4.78, 5) is 17.8. The van der Waals surface area contributed by atoms with Crippen LogP contribution in [0.25, 0.3) is 0 Å². The van der Waals surface area contributed by atoms with Crippen molar-refractivity contribution in [3.8, 4) is 0 Å². The molecule has 0 bridgehead atoms. The fraction of sp³-hybridized carbons (Fsp3) is 0.750. The van der Waals surface area contributed by atoms with Crippen molar-refractivity contribution in [2.45, 2.75) is 51.9 Å². The maximum atomic E-state index is 12.0. The van der Waals surface area contributed by atoms with Crippen molar-refractivity contribution >= 4 is 6.09 Å². The van der Waals surface area contributed by atoms with Gasteiger partial charge in [0.2, 0.25) is 0 Å². The zero-order valence-corrected chi connectivity index (χ0v) is 14.2. The number of nitrogens with one attached hydrogen (secondary N) is 1. The number of likely N-dealkylation sites (tertiary alicyclic amines) is 1. The first-order valence-electron chi connectivity index (χ1n) is 8.11. The number of piperidine rings is 1. The predicted octanol–water partition coefficient (Wildman–Crippen LogP) is 2.18. The summed E-state index contributed by atoms with van der Waals surface area (Å²) >= 11 is 0. The van der Waals surface area contributed by atoms with Crippen molar-refractivity contribution in [2.75, 3.05) is 26.2 Å². The van der Waals surface area contributed by atoms with Gasteiger partial charge in [0, 0.05) is 26.2 Å². The molecule has 1 aromatic rings. The molecule has 1 fully saturated rings. The first-order valence-corrected chi connectivity index (χ1v) is 8.11. The molecule has 0 aromatic carbocycles. The Kier molecular flexibility index (Phi) is 6.41. The summed E-state index contributed by atoms with van der Waals surface area (Å²) in [6, 6.07) is 0. The van der Waals surface area contributed by atoms with Gasteiger partial charge in [0.25, 0.3) is 0 Å². The highest BCUT2D eigenvalue weighted by molar-refractivity contribution is 5.68. The van der Waals surface area contributed by atoms with Crippen molar-refractivity contribution in [1.82, 2.24) is 15.2 Å². The number of carbonyl (C=O) groups excluding carboxylic acids is 1. The number of carbonyl (C=O) groups is 1. The molecule has 23 heavy (non-hydrogen) atoms. The molecule has 130 valence electrons. The first-order chi connectivity index (χ1) is 10.9. The normalized spacial score (nSPS) is 16.6. The second-order valence-electron chi connectivity index (χ2n) is 6.69. The lowest BCUT2D eigenvalue weighted by Gasteiger charge is -2.33. The van der Waals surface area contributed by atoms with Crippen molar-refractivity contribution in [3.05, 3.63) is 18.4 Å². The molecular weight excluding hydrogens is 298 g/mol. The highest BCUT2D eigenvalue weighted by Gasteiger charge is 2.26. The molecule has 1 saturated heterocycles. The van der Waals surface area contributed by atoms with Crippen LogP contribution < -0.4 is 5.32 Å². The third-order valence-electron chi connectivity index (χ3n) is 3.52. The van der Waals surface area contributed by atoms with Gasteiger partial charge in [-0.3, -0.25) is 0 Å². The SMILES string of the molecule is CC(C)(C)OC(=O)N1CCC(OCCNCc2cocn2)CC1. The number of hydrogen-bond donors (Lipinski definition) is 1. The highest BCUT2D eigenvalue weighted by atomic mass is 16.6. The lowest BCUT2D eigenvalue weighted by atomic mass is 10.1. The Bertz CT molecular complexity index is 462. The van der Waals surface area contributed by atoms with Crippen LogP contribution in [0.2, 0.25) is 0 Å². The fourth-order valence-electron chi connectivity index (χ4n) is 2.37. The van der Waals surface area contributed by atoms with Crippen LogP contribution in [0.4, 0.5) is 4.79 Å². The van der Waals surface area contributed by atoms with Gasteiger partial charge in [-0.15, -0.1) is 0 Å². The molecule has 1 N–H and O–H groups in total. The standard InChI is InChI=1S/C16H27N3O4/c1-16(2,3)23-15(20)19-7-4-14(5-8-19)22-9-6-17-10-13-11-21-12-18-13/h11-12,14,17H,4-10H2,1-3H3. The summed E-state index contributed by atoms with van der Waals surface area (Å²) in [5, 5.41) is 3.25. The van der Waals surface area contributed by atoms with E-state index in [0.717, 1.165) is 25.1 Å². The first kappa shape index (κ1) is 17.7. The van der Waals surface area contributed by atoms with Crippen LogP contribution in [0, 0.1) is 0 Å². The van der Waals surface area contributed by atoms with Gasteiger partial charge in [-0.25, -0.2) is 9.78 Å². The number of ether oxygens (including phenoxy) is 2. The Morgan fingerprint density at radius 3 is 2.78 bits per heavy atom. The number of nitrogens with zero attached hydrogens (tertiary/aromatic N) is 2. The minimum atomic E-state index is -0.444. The van der Waals surface area contributed by atoms with E-state index in [1.165, 1.54) is 6.39 Å². The van der Waals surface area contributed by atoms with Crippen LogP contribution in [0.15, 0.2) is 17.1 Å². The Hall–Kier alpha value is -1.60. The zero-order valence-electron chi connectivity index (χ0n) is 14.2. The third-order valence-corrected chi connectivity index (χ3v) is 3.52. The molecule has 1 amide bonds. The van der Waals surface area contributed by atoms with E-state index in [1.807, 2.05) is 20.8 Å². The zero-order chi connectivity index (χ0) is 16.7. The molecular formula is C16H27N3O4. The van der Waals surface area contributed by atoms with Crippen molar-refractivity contribution in [2.24, 2.45) is 0 Å². The molecule has 0 atom stereocenters. The summed E-state index contributed by atoms with van der Waals surface area (Å²) in [5.74, 6) is 0. The van der Waals surface area contributed by atoms with Crippen LogP contribution in [0.5, 0.6) is 0 Å². The molecule has 2 heterocycles. The molecule has 7 nitrogen and oxygen atoms in total. The van der Waals surface area contributed by atoms with Crippen molar-refractivity contribution in [3.63, 3.8) is 0 Å². The largest absolute Gasteiger partial charge is 0.451 e. The number of oxazole rings is 1. The lowest BCUT2D eigenvalue weighted by Crippen LogP contribution is -2.43. The van der Waals surface area contributed by atoms with E-state index in [-0.39, 0.29) is 12.2 Å². The maximum absolute atomic E-state index is 12.0. The Labute approximate surface area is 137 Å². The number of amides is 1. The second-order valence-corrected chi connectivity index (χ2v) is 6.69. The molecule has 1 aliphatic heterocycles. The molecule has 0 saturated carbocycles. The Morgan fingerprint density at radius 1 is 1.43 bits per heavy atom. The summed E-state index contributed by atoms with van der Waals surface area (Å²) in [6.45, 7) is 9.11. The summed E-state index contributed by atoms with van der Waals surface area (Å²) in [5.41, 5.74) is 0.440. The van der Waals surface area contributed by atoms with Gasteiger partial charge < -0.3 is 24.1 Å². The van der Waals surface area contributed by atoms with E-state index >= 15 is 0 Å². The molecule has 2 rings (SSSR count). The van der Waals surface area contributed by atoms with Crippen LogP contribution in [-0.4, -0.2) is 53.9 Å². The molecule has 0 radical (unpaired) electrons. The Balaban J connectivity index is 1.55. The molecule has 0 unspecified atom stereocenters. The topological polar surface area (TPSA) is 76.8 Å². The monoisotopic (exact) mass is 325 g/mol. The quantitative estimate of drug-likeness (QED) is 0.808. The second kappa shape index (κ2) is 8.31. The average Bonchev–Trinajstić information content (AvgIpc) is 2.99. The van der Waals surface area contributed by atoms with E-state index in [1.54, 1.807) is 11.2 Å². The van der Waals surface area contributed by atoms with E-state index < -0.39 is 5.60 Å². The number of aromatic nitrogens is 1. The molecule has 7 heteroatoms.